The first-order valence-electron chi connectivity index (χ1n) is 6.20. The van der Waals surface area contributed by atoms with Crippen LogP contribution in [0.25, 0.3) is 0 Å². The average molecular weight is 193 g/mol. The molecule has 1 N–H and O–H groups in total. The molecular weight excluding hydrogens is 170 g/mol. The zero-order valence-electron chi connectivity index (χ0n) is 9.39. The Bertz CT molecular complexity index is 203. The van der Waals surface area contributed by atoms with Gasteiger partial charge < -0.3 is 5.32 Å². The molecule has 1 atom stereocenters. The molecule has 1 saturated carbocycles. The van der Waals surface area contributed by atoms with Gasteiger partial charge in [0.1, 0.15) is 0 Å². The standard InChI is InChI=1S/C13H23N/c1-2-13(8-9-13)11-14-10-12-6-4-3-5-7-12/h3-4,12,14H,2,5-11H2,1H3. The van der Waals surface area contributed by atoms with Crippen LogP contribution in [0, 0.1) is 11.3 Å². The molecule has 0 aromatic rings. The van der Waals surface area contributed by atoms with E-state index < -0.39 is 0 Å². The normalized spacial score (nSPS) is 29.1. The molecule has 0 spiro atoms. The molecule has 14 heavy (non-hydrogen) atoms. The first-order chi connectivity index (χ1) is 6.85. The third kappa shape index (κ3) is 2.60. The summed E-state index contributed by atoms with van der Waals surface area (Å²) in [6, 6.07) is 0. The highest BCUT2D eigenvalue weighted by Crippen LogP contribution is 2.47. The molecule has 2 aliphatic rings. The molecule has 1 unspecified atom stereocenters. The smallest absolute Gasteiger partial charge is 0.000783 e. The molecule has 1 nitrogen and oxygen atoms in total. The molecule has 1 heteroatoms. The molecule has 0 amide bonds. The summed E-state index contributed by atoms with van der Waals surface area (Å²) in [5, 5.41) is 3.67. The van der Waals surface area contributed by atoms with Gasteiger partial charge in [-0.25, -0.2) is 0 Å². The number of hydrogen-bond donors (Lipinski definition) is 1. The second-order valence-corrected chi connectivity index (χ2v) is 5.13. The van der Waals surface area contributed by atoms with Gasteiger partial charge in [0.05, 0.1) is 0 Å². The highest BCUT2D eigenvalue weighted by Gasteiger charge is 2.39. The van der Waals surface area contributed by atoms with Crippen molar-refractivity contribution in [2.45, 2.75) is 45.4 Å². The maximum Gasteiger partial charge on any atom is 0.000783 e. The fourth-order valence-corrected chi connectivity index (χ4v) is 2.42. The molecule has 1 fully saturated rings. The highest BCUT2D eigenvalue weighted by atomic mass is 14.9. The lowest BCUT2D eigenvalue weighted by atomic mass is 9.94. The van der Waals surface area contributed by atoms with E-state index in [2.05, 4.69) is 24.4 Å². The molecule has 0 radical (unpaired) electrons. The second-order valence-electron chi connectivity index (χ2n) is 5.13. The van der Waals surface area contributed by atoms with E-state index in [4.69, 9.17) is 0 Å². The number of hydrogen-bond acceptors (Lipinski definition) is 1. The molecule has 80 valence electrons. The van der Waals surface area contributed by atoms with E-state index in [0.29, 0.717) is 5.41 Å². The van der Waals surface area contributed by atoms with E-state index in [0.717, 1.165) is 5.92 Å². The second kappa shape index (κ2) is 4.48. The first-order valence-corrected chi connectivity index (χ1v) is 6.20. The van der Waals surface area contributed by atoms with Crippen molar-refractivity contribution >= 4 is 0 Å². The van der Waals surface area contributed by atoms with Gasteiger partial charge >= 0.3 is 0 Å². The molecular formula is C13H23N. The van der Waals surface area contributed by atoms with E-state index in [-0.39, 0.29) is 0 Å². The quantitative estimate of drug-likeness (QED) is 0.661. The first kappa shape index (κ1) is 10.2. The maximum atomic E-state index is 3.67. The number of allylic oxidation sites excluding steroid dienone is 2. The summed E-state index contributed by atoms with van der Waals surface area (Å²) in [6.45, 7) is 4.84. The Balaban J connectivity index is 1.60. The van der Waals surface area contributed by atoms with Crippen LogP contribution >= 0.6 is 0 Å². The molecule has 0 aliphatic heterocycles. The molecule has 0 heterocycles. The van der Waals surface area contributed by atoms with Crippen molar-refractivity contribution in [3.8, 4) is 0 Å². The van der Waals surface area contributed by atoms with Gasteiger partial charge in [-0.1, -0.05) is 19.1 Å². The van der Waals surface area contributed by atoms with E-state index >= 15 is 0 Å². The van der Waals surface area contributed by atoms with Crippen LogP contribution in [-0.4, -0.2) is 13.1 Å². The van der Waals surface area contributed by atoms with E-state index in [1.165, 1.54) is 51.6 Å². The third-order valence-corrected chi connectivity index (χ3v) is 4.02. The van der Waals surface area contributed by atoms with Gasteiger partial charge in [0.2, 0.25) is 0 Å². The summed E-state index contributed by atoms with van der Waals surface area (Å²) in [5.74, 6) is 0.910. The van der Waals surface area contributed by atoms with Gasteiger partial charge in [-0.2, -0.15) is 0 Å². The maximum absolute atomic E-state index is 3.67. The lowest BCUT2D eigenvalue weighted by Gasteiger charge is -2.20. The fraction of sp³-hybridized carbons (Fsp3) is 0.846. The molecule has 0 aromatic heterocycles. The van der Waals surface area contributed by atoms with Crippen LogP contribution in [0.4, 0.5) is 0 Å². The molecule has 0 saturated heterocycles. The minimum atomic E-state index is 0.713. The van der Waals surface area contributed by atoms with E-state index in [1.807, 2.05) is 0 Å². The lowest BCUT2D eigenvalue weighted by Crippen LogP contribution is -2.29. The van der Waals surface area contributed by atoms with Gasteiger partial charge in [-0.05, 0) is 56.4 Å². The van der Waals surface area contributed by atoms with Gasteiger partial charge in [0.25, 0.3) is 0 Å². The summed E-state index contributed by atoms with van der Waals surface area (Å²) in [5.41, 5.74) is 0.713. The zero-order chi connectivity index (χ0) is 9.86. The Morgan fingerprint density at radius 3 is 2.79 bits per heavy atom. The van der Waals surface area contributed by atoms with Gasteiger partial charge in [-0.15, -0.1) is 0 Å². The third-order valence-electron chi connectivity index (χ3n) is 4.02. The van der Waals surface area contributed by atoms with Crippen LogP contribution in [-0.2, 0) is 0 Å². The topological polar surface area (TPSA) is 12.0 Å². The zero-order valence-corrected chi connectivity index (χ0v) is 9.39. The predicted molar refractivity (Wildman–Crippen MR) is 61.3 cm³/mol. The summed E-state index contributed by atoms with van der Waals surface area (Å²) in [4.78, 5) is 0. The molecule has 0 aromatic carbocycles. The van der Waals surface area contributed by atoms with Crippen LogP contribution in [0.15, 0.2) is 12.2 Å². The highest BCUT2D eigenvalue weighted by molar-refractivity contribution is 4.94. The van der Waals surface area contributed by atoms with Crippen molar-refractivity contribution in [2.75, 3.05) is 13.1 Å². The van der Waals surface area contributed by atoms with E-state index in [1.54, 1.807) is 0 Å². The SMILES string of the molecule is CCC1(CNCC2CC=CCC2)CC1. The van der Waals surface area contributed by atoms with Crippen molar-refractivity contribution < 1.29 is 0 Å². The number of nitrogens with one attached hydrogen (secondary N) is 1. The molecule has 0 bridgehead atoms. The van der Waals surface area contributed by atoms with Crippen LogP contribution in [0.5, 0.6) is 0 Å². The van der Waals surface area contributed by atoms with Crippen LogP contribution in [0.3, 0.4) is 0 Å². The molecule has 2 aliphatic carbocycles. The Morgan fingerprint density at radius 1 is 1.36 bits per heavy atom. The number of rotatable bonds is 5. The fourth-order valence-electron chi connectivity index (χ4n) is 2.42. The Labute approximate surface area is 88.0 Å². The van der Waals surface area contributed by atoms with Crippen molar-refractivity contribution in [1.29, 1.82) is 0 Å². The molecule has 2 rings (SSSR count). The Hall–Kier alpha value is -0.300. The van der Waals surface area contributed by atoms with Gasteiger partial charge in [0.15, 0.2) is 0 Å². The summed E-state index contributed by atoms with van der Waals surface area (Å²) >= 11 is 0. The minimum absolute atomic E-state index is 0.713. The van der Waals surface area contributed by atoms with Crippen LogP contribution in [0.1, 0.15) is 45.4 Å². The summed E-state index contributed by atoms with van der Waals surface area (Å²) in [6.07, 6.45) is 12.9. The van der Waals surface area contributed by atoms with Crippen molar-refractivity contribution in [1.82, 2.24) is 5.32 Å². The lowest BCUT2D eigenvalue weighted by molar-refractivity contribution is 0.388. The van der Waals surface area contributed by atoms with Gasteiger partial charge in [-0.3, -0.25) is 0 Å². The van der Waals surface area contributed by atoms with Crippen molar-refractivity contribution in [3.63, 3.8) is 0 Å². The Morgan fingerprint density at radius 2 is 2.21 bits per heavy atom. The average Bonchev–Trinajstić information content (AvgIpc) is 3.00. The minimum Gasteiger partial charge on any atom is -0.316 e. The van der Waals surface area contributed by atoms with Crippen molar-refractivity contribution in [3.05, 3.63) is 12.2 Å². The van der Waals surface area contributed by atoms with E-state index in [9.17, 15) is 0 Å². The van der Waals surface area contributed by atoms with Crippen molar-refractivity contribution in [2.24, 2.45) is 11.3 Å². The van der Waals surface area contributed by atoms with Crippen LogP contribution in [0.2, 0.25) is 0 Å². The monoisotopic (exact) mass is 193 g/mol. The summed E-state index contributed by atoms with van der Waals surface area (Å²) in [7, 11) is 0. The largest absolute Gasteiger partial charge is 0.316 e. The Kier molecular flexibility index (Phi) is 3.27. The summed E-state index contributed by atoms with van der Waals surface area (Å²) < 4.78 is 0. The van der Waals surface area contributed by atoms with Crippen LogP contribution < -0.4 is 5.32 Å². The predicted octanol–water partition coefficient (Wildman–Crippen LogP) is 3.12. The van der Waals surface area contributed by atoms with Gasteiger partial charge in [0, 0.05) is 6.54 Å².